The SMILES string of the molecule is NC1CCCC1CCSc1cc2ccccc2[nH]1. The number of nitrogens with two attached hydrogens (primary N) is 1. The fourth-order valence-corrected chi connectivity index (χ4v) is 3.90. The smallest absolute Gasteiger partial charge is 0.0732 e. The van der Waals surface area contributed by atoms with Gasteiger partial charge in [0.2, 0.25) is 0 Å². The van der Waals surface area contributed by atoms with Crippen LogP contribution in [0.15, 0.2) is 35.4 Å². The fourth-order valence-electron chi connectivity index (χ4n) is 2.87. The highest BCUT2D eigenvalue weighted by molar-refractivity contribution is 7.99. The topological polar surface area (TPSA) is 41.8 Å². The van der Waals surface area contributed by atoms with Gasteiger partial charge in [0, 0.05) is 16.9 Å². The summed E-state index contributed by atoms with van der Waals surface area (Å²) in [6.45, 7) is 0. The Morgan fingerprint density at radius 1 is 1.28 bits per heavy atom. The molecular weight excluding hydrogens is 240 g/mol. The first-order valence-corrected chi connectivity index (χ1v) is 7.77. The minimum atomic E-state index is 0.452. The Morgan fingerprint density at radius 2 is 2.17 bits per heavy atom. The molecule has 3 N–H and O–H groups in total. The molecular formula is C15H20N2S. The molecule has 0 spiro atoms. The van der Waals surface area contributed by atoms with Gasteiger partial charge in [-0.3, -0.25) is 0 Å². The highest BCUT2D eigenvalue weighted by atomic mass is 32.2. The van der Waals surface area contributed by atoms with Crippen LogP contribution in [0.3, 0.4) is 0 Å². The summed E-state index contributed by atoms with van der Waals surface area (Å²) in [6.07, 6.45) is 5.13. The molecule has 1 aromatic carbocycles. The number of hydrogen-bond donors (Lipinski definition) is 2. The van der Waals surface area contributed by atoms with Gasteiger partial charge in [0.15, 0.2) is 0 Å². The molecule has 2 unspecified atom stereocenters. The van der Waals surface area contributed by atoms with E-state index in [9.17, 15) is 0 Å². The molecule has 18 heavy (non-hydrogen) atoms. The quantitative estimate of drug-likeness (QED) is 0.822. The first-order chi connectivity index (χ1) is 8.83. The van der Waals surface area contributed by atoms with E-state index in [0.29, 0.717) is 6.04 Å². The maximum Gasteiger partial charge on any atom is 0.0732 e. The van der Waals surface area contributed by atoms with Crippen LogP contribution in [0.5, 0.6) is 0 Å². The van der Waals surface area contributed by atoms with Crippen molar-refractivity contribution in [1.29, 1.82) is 0 Å². The lowest BCUT2D eigenvalue weighted by molar-refractivity contribution is 0.470. The maximum absolute atomic E-state index is 6.10. The zero-order valence-corrected chi connectivity index (χ0v) is 11.4. The Kier molecular flexibility index (Phi) is 3.62. The first-order valence-electron chi connectivity index (χ1n) is 6.79. The molecule has 3 heteroatoms. The first kappa shape index (κ1) is 12.1. The molecule has 1 saturated carbocycles. The van der Waals surface area contributed by atoms with E-state index in [1.165, 1.54) is 47.4 Å². The summed E-state index contributed by atoms with van der Waals surface area (Å²) < 4.78 is 0. The van der Waals surface area contributed by atoms with Crippen LogP contribution in [-0.4, -0.2) is 16.8 Å². The monoisotopic (exact) mass is 260 g/mol. The lowest BCUT2D eigenvalue weighted by atomic mass is 10.0. The van der Waals surface area contributed by atoms with Gasteiger partial charge >= 0.3 is 0 Å². The summed E-state index contributed by atoms with van der Waals surface area (Å²) in [6, 6.07) is 11.1. The number of hydrogen-bond acceptors (Lipinski definition) is 2. The van der Waals surface area contributed by atoms with Gasteiger partial charge in [-0.2, -0.15) is 0 Å². The number of aromatic nitrogens is 1. The van der Waals surface area contributed by atoms with Crippen molar-refractivity contribution >= 4 is 22.7 Å². The molecule has 0 amide bonds. The Balaban J connectivity index is 1.56. The molecule has 2 atom stereocenters. The minimum Gasteiger partial charge on any atom is -0.350 e. The largest absolute Gasteiger partial charge is 0.350 e. The summed E-state index contributed by atoms with van der Waals surface area (Å²) in [5.74, 6) is 1.92. The Labute approximate surface area is 112 Å². The van der Waals surface area contributed by atoms with Crippen molar-refractivity contribution in [2.75, 3.05) is 5.75 Å². The van der Waals surface area contributed by atoms with Crippen molar-refractivity contribution in [3.8, 4) is 0 Å². The molecule has 1 fully saturated rings. The van der Waals surface area contributed by atoms with Gasteiger partial charge in [0.05, 0.1) is 5.03 Å². The van der Waals surface area contributed by atoms with Gasteiger partial charge in [-0.1, -0.05) is 24.6 Å². The molecule has 1 aliphatic rings. The van der Waals surface area contributed by atoms with E-state index in [4.69, 9.17) is 5.73 Å². The molecule has 96 valence electrons. The number of nitrogens with one attached hydrogen (secondary N) is 1. The number of thioether (sulfide) groups is 1. The summed E-state index contributed by atoms with van der Waals surface area (Å²) >= 11 is 1.92. The summed E-state index contributed by atoms with van der Waals surface area (Å²) in [5.41, 5.74) is 7.34. The van der Waals surface area contributed by atoms with Crippen LogP contribution >= 0.6 is 11.8 Å². The molecule has 2 nitrogen and oxygen atoms in total. The Bertz CT molecular complexity index is 487. The van der Waals surface area contributed by atoms with E-state index in [-0.39, 0.29) is 0 Å². The number of fused-ring (bicyclic) bond motifs is 1. The third-order valence-corrected chi connectivity index (χ3v) is 4.94. The van der Waals surface area contributed by atoms with Crippen molar-refractivity contribution in [2.24, 2.45) is 11.7 Å². The molecule has 1 aromatic heterocycles. The second-order valence-corrected chi connectivity index (χ2v) is 6.35. The zero-order chi connectivity index (χ0) is 12.4. The predicted octanol–water partition coefficient (Wildman–Crippen LogP) is 3.78. The van der Waals surface area contributed by atoms with Crippen LogP contribution in [0.2, 0.25) is 0 Å². The van der Waals surface area contributed by atoms with Gasteiger partial charge in [-0.05, 0) is 43.1 Å². The lowest BCUT2D eigenvalue weighted by Crippen LogP contribution is -2.24. The second-order valence-electron chi connectivity index (χ2n) is 5.21. The molecule has 0 bridgehead atoms. The number of benzene rings is 1. The Hall–Kier alpha value is -0.930. The summed E-state index contributed by atoms with van der Waals surface area (Å²) in [4.78, 5) is 3.46. The van der Waals surface area contributed by atoms with Crippen LogP contribution in [0.4, 0.5) is 0 Å². The number of aromatic amines is 1. The normalized spacial score (nSPS) is 23.8. The van der Waals surface area contributed by atoms with E-state index in [2.05, 4.69) is 35.3 Å². The van der Waals surface area contributed by atoms with Crippen molar-refractivity contribution in [2.45, 2.75) is 36.8 Å². The van der Waals surface area contributed by atoms with Crippen LogP contribution in [0, 0.1) is 5.92 Å². The number of H-pyrrole nitrogens is 1. The fraction of sp³-hybridized carbons (Fsp3) is 0.467. The van der Waals surface area contributed by atoms with Gasteiger partial charge in [0.1, 0.15) is 0 Å². The summed E-state index contributed by atoms with van der Waals surface area (Å²) in [5, 5.41) is 2.58. The van der Waals surface area contributed by atoms with Gasteiger partial charge in [-0.15, -0.1) is 11.8 Å². The summed E-state index contributed by atoms with van der Waals surface area (Å²) in [7, 11) is 0. The van der Waals surface area contributed by atoms with Crippen LogP contribution in [0.25, 0.3) is 10.9 Å². The maximum atomic E-state index is 6.10. The minimum absolute atomic E-state index is 0.452. The van der Waals surface area contributed by atoms with E-state index in [1.54, 1.807) is 0 Å². The Morgan fingerprint density at radius 3 is 2.94 bits per heavy atom. The highest BCUT2D eigenvalue weighted by Gasteiger charge is 2.23. The highest BCUT2D eigenvalue weighted by Crippen LogP contribution is 2.30. The van der Waals surface area contributed by atoms with E-state index >= 15 is 0 Å². The van der Waals surface area contributed by atoms with Crippen molar-refractivity contribution in [3.63, 3.8) is 0 Å². The van der Waals surface area contributed by atoms with Crippen LogP contribution in [-0.2, 0) is 0 Å². The van der Waals surface area contributed by atoms with Gasteiger partial charge in [0.25, 0.3) is 0 Å². The van der Waals surface area contributed by atoms with Crippen molar-refractivity contribution in [1.82, 2.24) is 4.98 Å². The van der Waals surface area contributed by atoms with Gasteiger partial charge < -0.3 is 10.7 Å². The molecule has 2 aromatic rings. The standard InChI is InChI=1S/C15H20N2S/c16-13-6-3-5-11(13)8-9-18-15-10-12-4-1-2-7-14(12)17-15/h1-2,4,7,10-11,13,17H,3,5-6,8-9,16H2. The van der Waals surface area contributed by atoms with E-state index in [1.807, 2.05) is 11.8 Å². The van der Waals surface area contributed by atoms with Crippen LogP contribution < -0.4 is 5.73 Å². The van der Waals surface area contributed by atoms with Gasteiger partial charge in [-0.25, -0.2) is 0 Å². The molecule has 0 saturated heterocycles. The predicted molar refractivity (Wildman–Crippen MR) is 79.0 cm³/mol. The molecule has 0 radical (unpaired) electrons. The van der Waals surface area contributed by atoms with Crippen LogP contribution in [0.1, 0.15) is 25.7 Å². The van der Waals surface area contributed by atoms with Crippen molar-refractivity contribution < 1.29 is 0 Å². The van der Waals surface area contributed by atoms with Crippen molar-refractivity contribution in [3.05, 3.63) is 30.3 Å². The molecule has 0 aliphatic heterocycles. The number of para-hydroxylation sites is 1. The average molecular weight is 260 g/mol. The third-order valence-electron chi connectivity index (χ3n) is 3.97. The molecule has 3 rings (SSSR count). The molecule has 1 heterocycles. The van der Waals surface area contributed by atoms with E-state index in [0.717, 1.165) is 5.92 Å². The molecule has 1 aliphatic carbocycles. The second kappa shape index (κ2) is 5.37. The third kappa shape index (κ3) is 2.57. The average Bonchev–Trinajstić information content (AvgIpc) is 2.96. The number of rotatable bonds is 4. The lowest BCUT2D eigenvalue weighted by Gasteiger charge is -2.13. The van der Waals surface area contributed by atoms with E-state index < -0.39 is 0 Å². The zero-order valence-electron chi connectivity index (χ0n) is 10.6.